The van der Waals surface area contributed by atoms with E-state index in [1.165, 1.54) is 0 Å². The third kappa shape index (κ3) is 6.01. The van der Waals surface area contributed by atoms with Crippen LogP contribution in [0.25, 0.3) is 0 Å². The second-order valence-corrected chi connectivity index (χ2v) is 3.50. The van der Waals surface area contributed by atoms with Crippen molar-refractivity contribution in [2.24, 2.45) is 0 Å². The monoisotopic (exact) mass is 421 g/mol. The molecule has 0 atom stereocenters. The molecule has 0 radical (unpaired) electrons. The second kappa shape index (κ2) is 11.4. The zero-order valence-corrected chi connectivity index (χ0v) is 13.3. The Morgan fingerprint density at radius 2 is 1.26 bits per heavy atom. The molecule has 0 aliphatic carbocycles. The van der Waals surface area contributed by atoms with Gasteiger partial charge in [-0.3, -0.25) is 0 Å². The Hall–Kier alpha value is -0.467. The van der Waals surface area contributed by atoms with Crippen LogP contribution in [0.5, 0.6) is 0 Å². The van der Waals surface area contributed by atoms with Gasteiger partial charge in [0, 0.05) is 44.2 Å². The first-order valence-corrected chi connectivity index (χ1v) is 6.37. The molecule has 2 rings (SSSR count). The summed E-state index contributed by atoms with van der Waals surface area (Å²) in [4.78, 5) is 10.5. The maximum atomic E-state index is 10.5. The summed E-state index contributed by atoms with van der Waals surface area (Å²) in [5.74, 6) is 0. The van der Waals surface area contributed by atoms with E-state index >= 15 is 0 Å². The molecule has 0 aromatic heterocycles. The van der Waals surface area contributed by atoms with E-state index in [0.717, 1.165) is 11.1 Å². The Morgan fingerprint density at radius 1 is 0.895 bits per heavy atom. The van der Waals surface area contributed by atoms with Gasteiger partial charge in [-0.2, -0.15) is 12.7 Å². The molecule has 4 heteroatoms. The summed E-state index contributed by atoms with van der Waals surface area (Å²) < 4.78 is 0. The van der Waals surface area contributed by atoms with Gasteiger partial charge in [-0.05, 0) is 11.1 Å². The van der Waals surface area contributed by atoms with Crippen molar-refractivity contribution < 1.29 is 43.0 Å². The molecule has 1 N–H and O–H groups in total. The van der Waals surface area contributed by atoms with Crippen LogP contribution in [-0.4, -0.2) is 12.7 Å². The first-order chi connectivity index (χ1) is 8.92. The van der Waals surface area contributed by atoms with Crippen LogP contribution in [0.3, 0.4) is 0 Å². The Kier molecular flexibility index (Phi) is 11.1. The van der Waals surface area contributed by atoms with Crippen LogP contribution >= 0.6 is 0 Å². The molecule has 0 heterocycles. The molecule has 1 amide bonds. The van der Waals surface area contributed by atoms with Crippen molar-refractivity contribution >= 4 is 19.0 Å². The van der Waals surface area contributed by atoms with E-state index < -0.39 is 0 Å². The molecule has 0 saturated carbocycles. The summed E-state index contributed by atoms with van der Waals surface area (Å²) in [6.07, 6.45) is 3.35. The Labute approximate surface area is 150 Å². The molecular formula is C15H15DyNOS-2. The van der Waals surface area contributed by atoms with E-state index in [4.69, 9.17) is 0 Å². The SMILES string of the molecule is C[S-].O=[C-]NC(c1ccccc1)c1ccccc1.[Dy]. The van der Waals surface area contributed by atoms with Crippen LogP contribution in [0.4, 0.5) is 0 Å². The molecule has 0 fully saturated rings. The number of carbonyl (C=O) groups excluding carboxylic acids is 1. The van der Waals surface area contributed by atoms with Crippen LogP contribution < -0.4 is 5.32 Å². The maximum absolute atomic E-state index is 10.5. The van der Waals surface area contributed by atoms with Crippen molar-refractivity contribution in [3.8, 4) is 0 Å². The minimum atomic E-state index is -0.125. The van der Waals surface area contributed by atoms with E-state index in [2.05, 4.69) is 17.9 Å². The number of hydrogen-bond donors (Lipinski definition) is 1. The van der Waals surface area contributed by atoms with Crippen LogP contribution in [0.1, 0.15) is 17.2 Å². The Balaban J connectivity index is 0.00000103. The third-order valence-electron chi connectivity index (χ3n) is 2.47. The van der Waals surface area contributed by atoms with E-state index in [1.54, 1.807) is 12.7 Å². The predicted molar refractivity (Wildman–Crippen MR) is 76.8 cm³/mol. The summed E-state index contributed by atoms with van der Waals surface area (Å²) in [6.45, 7) is 0. The first-order valence-electron chi connectivity index (χ1n) is 5.55. The molecule has 0 saturated heterocycles. The fraction of sp³-hybridized carbons (Fsp3) is 0.133. The average molecular weight is 420 g/mol. The number of benzene rings is 2. The topological polar surface area (TPSA) is 29.1 Å². The number of amides is 1. The molecule has 104 valence electrons. The smallest absolute Gasteiger partial charge is 0.0492 e. The van der Waals surface area contributed by atoms with Crippen LogP contribution in [0.2, 0.25) is 0 Å². The normalized spacial score (nSPS) is 8.79. The maximum Gasteiger partial charge on any atom is 0.0492 e. The zero-order chi connectivity index (χ0) is 13.2. The van der Waals surface area contributed by atoms with Crippen molar-refractivity contribution in [2.45, 2.75) is 6.04 Å². The molecule has 0 bridgehead atoms. The van der Waals surface area contributed by atoms with E-state index in [0.29, 0.717) is 0 Å². The van der Waals surface area contributed by atoms with E-state index in [1.807, 2.05) is 60.7 Å². The zero-order valence-electron chi connectivity index (χ0n) is 10.5. The standard InChI is InChI=1S/C14H12NO.CH4S.Dy/c16-11-15-14(12-7-3-1-4-8-12)13-9-5-2-6-10-13;1-2;/h1-10,14H,(H,15,16);2H,1H3;/q-1;;/p-1. The summed E-state index contributed by atoms with van der Waals surface area (Å²) in [5, 5.41) is 2.71. The number of nitrogens with one attached hydrogen (secondary N) is 1. The van der Waals surface area contributed by atoms with Gasteiger partial charge < -0.3 is 22.7 Å². The van der Waals surface area contributed by atoms with E-state index in [9.17, 15) is 4.79 Å². The molecule has 2 nitrogen and oxygen atoms in total. The van der Waals surface area contributed by atoms with Gasteiger partial charge in [0.1, 0.15) is 0 Å². The average Bonchev–Trinajstić information content (AvgIpc) is 2.49. The molecule has 0 aliphatic heterocycles. The number of rotatable bonds is 4. The predicted octanol–water partition coefficient (Wildman–Crippen LogP) is 2.60. The minimum absolute atomic E-state index is 0. The quantitative estimate of drug-likeness (QED) is 0.469. The molecule has 2 aromatic rings. The van der Waals surface area contributed by atoms with Crippen molar-refractivity contribution in [3.63, 3.8) is 0 Å². The molecule has 2 aromatic carbocycles. The molecule has 0 aliphatic rings. The molecule has 0 unspecified atom stereocenters. The van der Waals surface area contributed by atoms with Crippen molar-refractivity contribution in [1.29, 1.82) is 0 Å². The number of hydrogen-bond acceptors (Lipinski definition) is 2. The molecule has 19 heavy (non-hydrogen) atoms. The minimum Gasteiger partial charge on any atom is -0.796 e. The van der Waals surface area contributed by atoms with Crippen molar-refractivity contribution in [1.82, 2.24) is 5.32 Å². The van der Waals surface area contributed by atoms with Gasteiger partial charge in [0.05, 0.1) is 0 Å². The van der Waals surface area contributed by atoms with Crippen LogP contribution in [-0.2, 0) is 17.4 Å². The second-order valence-electron chi connectivity index (χ2n) is 3.50. The van der Waals surface area contributed by atoms with E-state index in [-0.39, 0.29) is 44.2 Å². The van der Waals surface area contributed by atoms with Gasteiger partial charge in [-0.25, -0.2) is 0 Å². The first kappa shape index (κ1) is 18.5. The van der Waals surface area contributed by atoms with Gasteiger partial charge in [0.15, 0.2) is 0 Å². The third-order valence-corrected chi connectivity index (χ3v) is 2.47. The Bertz CT molecular complexity index is 411. The van der Waals surface area contributed by atoms with Gasteiger partial charge in [-0.1, -0.05) is 60.7 Å². The Morgan fingerprint density at radius 3 is 1.58 bits per heavy atom. The largest absolute Gasteiger partial charge is 0.796 e. The van der Waals surface area contributed by atoms with Crippen LogP contribution in [0, 0.1) is 38.2 Å². The fourth-order valence-electron chi connectivity index (χ4n) is 1.71. The molecular weight excluding hydrogens is 405 g/mol. The summed E-state index contributed by atoms with van der Waals surface area (Å²) in [7, 11) is 0. The van der Waals surface area contributed by atoms with Gasteiger partial charge >= 0.3 is 0 Å². The van der Waals surface area contributed by atoms with Crippen molar-refractivity contribution in [3.05, 3.63) is 71.8 Å². The van der Waals surface area contributed by atoms with Crippen LogP contribution in [0.15, 0.2) is 60.7 Å². The summed E-state index contributed by atoms with van der Waals surface area (Å²) in [5.41, 5.74) is 2.11. The van der Waals surface area contributed by atoms with Gasteiger partial charge in [-0.15, -0.1) is 0 Å². The summed E-state index contributed by atoms with van der Waals surface area (Å²) in [6, 6.07) is 19.6. The van der Waals surface area contributed by atoms with Gasteiger partial charge in [0.2, 0.25) is 0 Å². The van der Waals surface area contributed by atoms with Crippen molar-refractivity contribution in [2.75, 3.05) is 6.26 Å². The molecule has 0 spiro atoms. The summed E-state index contributed by atoms with van der Waals surface area (Å²) >= 11 is 4.08. The van der Waals surface area contributed by atoms with Gasteiger partial charge in [0.25, 0.3) is 0 Å². The fourth-order valence-corrected chi connectivity index (χ4v) is 1.71.